The van der Waals surface area contributed by atoms with Gasteiger partial charge >= 0.3 is 0 Å². The van der Waals surface area contributed by atoms with Crippen molar-refractivity contribution in [1.29, 1.82) is 0 Å². The summed E-state index contributed by atoms with van der Waals surface area (Å²) in [4.78, 5) is 18.0. The zero-order valence-corrected chi connectivity index (χ0v) is 12.1. The lowest BCUT2D eigenvalue weighted by Crippen LogP contribution is -2.41. The van der Waals surface area contributed by atoms with Crippen LogP contribution in [0.3, 0.4) is 0 Å². The molecule has 0 aromatic carbocycles. The number of likely N-dealkylation sites (tertiary alicyclic amines) is 1. The molecule has 0 aliphatic carbocycles. The topological polar surface area (TPSA) is 68.5 Å². The Bertz CT molecular complexity index is 424. The van der Waals surface area contributed by atoms with Gasteiger partial charge in [0.05, 0.1) is 18.3 Å². The Morgan fingerprint density at radius 1 is 1.58 bits per heavy atom. The number of rotatable bonds is 6. The van der Waals surface area contributed by atoms with Crippen LogP contribution >= 0.6 is 11.8 Å². The molecular formula is C12H19N3O3S. The summed E-state index contributed by atoms with van der Waals surface area (Å²) in [5, 5.41) is 3.95. The molecule has 19 heavy (non-hydrogen) atoms. The van der Waals surface area contributed by atoms with Crippen molar-refractivity contribution < 1.29 is 14.1 Å². The quantitative estimate of drug-likeness (QED) is 0.784. The minimum Gasteiger partial charge on any atom is -0.383 e. The fraction of sp³-hybridized carbons (Fsp3) is 0.750. The maximum Gasteiger partial charge on any atom is 0.231 e. The number of methoxy groups -OCH3 is 1. The van der Waals surface area contributed by atoms with E-state index >= 15 is 0 Å². The molecule has 1 aliphatic heterocycles. The first-order valence-corrected chi connectivity index (χ1v) is 7.72. The van der Waals surface area contributed by atoms with Gasteiger partial charge in [-0.3, -0.25) is 4.79 Å². The molecular weight excluding hydrogens is 266 g/mol. The van der Waals surface area contributed by atoms with Crippen molar-refractivity contribution in [3.05, 3.63) is 11.7 Å². The number of thioether (sulfide) groups is 1. The fourth-order valence-corrected chi connectivity index (χ4v) is 2.53. The van der Waals surface area contributed by atoms with Gasteiger partial charge in [-0.1, -0.05) is 5.16 Å². The highest BCUT2D eigenvalue weighted by Gasteiger charge is 2.29. The summed E-state index contributed by atoms with van der Waals surface area (Å²) in [6.45, 7) is 1.82. The van der Waals surface area contributed by atoms with Crippen LogP contribution in [0.1, 0.15) is 30.5 Å². The van der Waals surface area contributed by atoms with E-state index in [1.807, 2.05) is 11.2 Å². The van der Waals surface area contributed by atoms with Gasteiger partial charge in [0.25, 0.3) is 0 Å². The molecule has 1 saturated heterocycles. The molecule has 1 aliphatic rings. The predicted octanol–water partition coefficient (Wildman–Crippen LogP) is 1.29. The smallest absolute Gasteiger partial charge is 0.231 e. The minimum atomic E-state index is 0.151. The van der Waals surface area contributed by atoms with Crippen molar-refractivity contribution in [3.8, 4) is 0 Å². The van der Waals surface area contributed by atoms with E-state index in [4.69, 9.17) is 9.26 Å². The van der Waals surface area contributed by atoms with Crippen molar-refractivity contribution in [2.45, 2.75) is 24.5 Å². The van der Waals surface area contributed by atoms with Gasteiger partial charge in [0, 0.05) is 26.6 Å². The molecule has 1 aromatic heterocycles. The molecule has 0 saturated carbocycles. The van der Waals surface area contributed by atoms with E-state index in [-0.39, 0.29) is 11.8 Å². The Balaban J connectivity index is 1.97. The Morgan fingerprint density at radius 2 is 2.42 bits per heavy atom. The van der Waals surface area contributed by atoms with E-state index in [2.05, 4.69) is 10.1 Å². The predicted molar refractivity (Wildman–Crippen MR) is 71.9 cm³/mol. The maximum absolute atomic E-state index is 11.8. The van der Waals surface area contributed by atoms with Crippen molar-refractivity contribution in [2.24, 2.45) is 0 Å². The number of amides is 1. The van der Waals surface area contributed by atoms with Crippen LogP contribution in [0, 0.1) is 0 Å². The summed E-state index contributed by atoms with van der Waals surface area (Å²) >= 11 is 1.66. The molecule has 1 fully saturated rings. The Labute approximate surface area is 116 Å². The molecule has 2 rings (SSSR count). The van der Waals surface area contributed by atoms with Gasteiger partial charge in [-0.05, 0) is 12.7 Å². The van der Waals surface area contributed by atoms with Crippen LogP contribution < -0.4 is 0 Å². The first-order chi connectivity index (χ1) is 9.24. The summed E-state index contributed by atoms with van der Waals surface area (Å²) < 4.78 is 10.3. The number of piperidine rings is 1. The van der Waals surface area contributed by atoms with Crippen LogP contribution in [-0.4, -0.2) is 54.0 Å². The third kappa shape index (κ3) is 3.70. The van der Waals surface area contributed by atoms with Crippen LogP contribution in [0.15, 0.2) is 4.52 Å². The van der Waals surface area contributed by atoms with Gasteiger partial charge in [-0.15, -0.1) is 0 Å². The van der Waals surface area contributed by atoms with Crippen LogP contribution in [0.2, 0.25) is 0 Å². The molecule has 106 valence electrons. The highest BCUT2D eigenvalue weighted by molar-refractivity contribution is 7.97. The van der Waals surface area contributed by atoms with E-state index in [0.29, 0.717) is 32.0 Å². The lowest BCUT2D eigenvalue weighted by atomic mass is 9.97. The number of hydrogen-bond donors (Lipinski definition) is 0. The Morgan fingerprint density at radius 3 is 3.16 bits per heavy atom. The van der Waals surface area contributed by atoms with Crippen LogP contribution in [0.5, 0.6) is 0 Å². The van der Waals surface area contributed by atoms with E-state index in [0.717, 1.165) is 18.0 Å². The van der Waals surface area contributed by atoms with Crippen LogP contribution in [0.4, 0.5) is 0 Å². The molecule has 1 aromatic rings. The largest absolute Gasteiger partial charge is 0.383 e. The zero-order valence-electron chi connectivity index (χ0n) is 11.3. The van der Waals surface area contributed by atoms with Gasteiger partial charge in [0.15, 0.2) is 5.82 Å². The molecule has 0 bridgehead atoms. The molecule has 2 heterocycles. The zero-order chi connectivity index (χ0) is 13.7. The second-order valence-corrected chi connectivity index (χ2v) is 5.42. The number of carbonyl (C=O) groups is 1. The Hall–Kier alpha value is -1.08. The maximum atomic E-state index is 11.8. The van der Waals surface area contributed by atoms with Crippen LogP contribution in [0.25, 0.3) is 0 Å². The lowest BCUT2D eigenvalue weighted by Gasteiger charge is -2.30. The van der Waals surface area contributed by atoms with Gasteiger partial charge in [-0.25, -0.2) is 0 Å². The second kappa shape index (κ2) is 6.91. The van der Waals surface area contributed by atoms with Gasteiger partial charge in [0.2, 0.25) is 11.8 Å². The number of carbonyl (C=O) groups excluding carboxylic acids is 1. The van der Waals surface area contributed by atoms with E-state index in [9.17, 15) is 4.79 Å². The van der Waals surface area contributed by atoms with E-state index < -0.39 is 0 Å². The molecule has 1 atom stereocenters. The molecule has 0 spiro atoms. The lowest BCUT2D eigenvalue weighted by molar-refractivity contribution is -0.134. The number of aromatic nitrogens is 2. The van der Waals surface area contributed by atoms with Crippen molar-refractivity contribution in [1.82, 2.24) is 15.0 Å². The van der Waals surface area contributed by atoms with Crippen molar-refractivity contribution >= 4 is 17.7 Å². The van der Waals surface area contributed by atoms with E-state index in [1.54, 1.807) is 18.9 Å². The first kappa shape index (κ1) is 14.3. The highest BCUT2D eigenvalue weighted by Crippen LogP contribution is 2.26. The number of ether oxygens (including phenoxy) is 1. The molecule has 1 amide bonds. The molecule has 0 unspecified atom stereocenters. The third-order valence-corrected chi connectivity index (χ3v) is 3.72. The standard InChI is InChI=1S/C12H19N3O3S/c1-17-6-5-15-7-9(3-4-11(15)16)12-13-10(8-19-2)14-18-12/h9H,3-8H2,1-2H3/t9-/m0/s1. The summed E-state index contributed by atoms with van der Waals surface area (Å²) in [6.07, 6.45) is 3.32. The molecule has 0 radical (unpaired) electrons. The first-order valence-electron chi connectivity index (χ1n) is 6.32. The highest BCUT2D eigenvalue weighted by atomic mass is 32.2. The summed E-state index contributed by atoms with van der Waals surface area (Å²) in [5.74, 6) is 2.46. The van der Waals surface area contributed by atoms with Gasteiger partial charge in [-0.2, -0.15) is 16.7 Å². The fourth-order valence-electron chi connectivity index (χ4n) is 2.16. The number of nitrogens with zero attached hydrogens (tertiary/aromatic N) is 3. The van der Waals surface area contributed by atoms with Crippen molar-refractivity contribution in [3.63, 3.8) is 0 Å². The third-order valence-electron chi connectivity index (χ3n) is 3.17. The SMILES string of the molecule is COCCN1C[C@@H](c2nc(CSC)no2)CCC1=O. The van der Waals surface area contributed by atoms with E-state index in [1.165, 1.54) is 0 Å². The monoisotopic (exact) mass is 285 g/mol. The average Bonchev–Trinajstić information content (AvgIpc) is 2.87. The molecule has 6 nitrogen and oxygen atoms in total. The summed E-state index contributed by atoms with van der Waals surface area (Å²) in [6, 6.07) is 0. The van der Waals surface area contributed by atoms with Crippen molar-refractivity contribution in [2.75, 3.05) is 33.1 Å². The van der Waals surface area contributed by atoms with Gasteiger partial charge in [0.1, 0.15) is 0 Å². The second-order valence-electron chi connectivity index (χ2n) is 4.55. The average molecular weight is 285 g/mol. The number of hydrogen-bond acceptors (Lipinski definition) is 6. The summed E-state index contributed by atoms with van der Waals surface area (Å²) in [7, 11) is 1.64. The van der Waals surface area contributed by atoms with Crippen LogP contribution in [-0.2, 0) is 15.3 Å². The van der Waals surface area contributed by atoms with Gasteiger partial charge < -0.3 is 14.2 Å². The Kier molecular flexibility index (Phi) is 5.21. The normalized spacial score (nSPS) is 20.0. The minimum absolute atomic E-state index is 0.151. The molecule has 0 N–H and O–H groups in total. The summed E-state index contributed by atoms with van der Waals surface area (Å²) in [5.41, 5.74) is 0. The molecule has 7 heteroatoms.